The molecule has 1 aliphatic heterocycles. The second-order valence-corrected chi connectivity index (χ2v) is 5.68. The summed E-state index contributed by atoms with van der Waals surface area (Å²) in [5.74, 6) is -2.08. The Kier molecular flexibility index (Phi) is 4.39. The van der Waals surface area contributed by atoms with Gasteiger partial charge >= 0.3 is 5.97 Å². The van der Waals surface area contributed by atoms with Gasteiger partial charge in [0.15, 0.2) is 0 Å². The van der Waals surface area contributed by atoms with Crippen molar-refractivity contribution in [3.05, 3.63) is 34.1 Å². The van der Waals surface area contributed by atoms with Gasteiger partial charge in [-0.25, -0.2) is 4.39 Å². The standard InChI is InChI=1S/C13H13BrFNO4/c14-9-3-8(4-10(15)5-9)12(19)16-13(6-11(17)18)1-2-20-7-13/h3-5H,1-2,6-7H2,(H,16,19)(H,17,18). The summed E-state index contributed by atoms with van der Waals surface area (Å²) in [7, 11) is 0. The molecule has 2 N–H and O–H groups in total. The zero-order valence-electron chi connectivity index (χ0n) is 10.5. The number of carboxylic acids is 1. The number of nitrogens with one attached hydrogen (secondary N) is 1. The number of carbonyl (C=O) groups excluding carboxylic acids is 1. The van der Waals surface area contributed by atoms with Gasteiger partial charge in [0.25, 0.3) is 5.91 Å². The van der Waals surface area contributed by atoms with Crippen LogP contribution in [0.1, 0.15) is 23.2 Å². The van der Waals surface area contributed by atoms with E-state index in [1.54, 1.807) is 0 Å². The number of hydrogen-bond acceptors (Lipinski definition) is 3. The number of carbonyl (C=O) groups is 2. The predicted molar refractivity (Wildman–Crippen MR) is 72.0 cm³/mol. The molecule has 0 saturated carbocycles. The van der Waals surface area contributed by atoms with Crippen LogP contribution in [0, 0.1) is 5.82 Å². The maximum atomic E-state index is 13.3. The lowest BCUT2D eigenvalue weighted by molar-refractivity contribution is -0.138. The van der Waals surface area contributed by atoms with E-state index in [-0.39, 0.29) is 18.6 Å². The average molecular weight is 346 g/mol. The van der Waals surface area contributed by atoms with Crippen molar-refractivity contribution in [3.8, 4) is 0 Å². The average Bonchev–Trinajstić information content (AvgIpc) is 2.74. The van der Waals surface area contributed by atoms with E-state index in [1.165, 1.54) is 12.1 Å². The zero-order valence-corrected chi connectivity index (χ0v) is 12.1. The van der Waals surface area contributed by atoms with Crippen LogP contribution < -0.4 is 5.32 Å². The SMILES string of the molecule is O=C(O)CC1(NC(=O)c2cc(F)cc(Br)c2)CCOC1. The summed E-state index contributed by atoms with van der Waals surface area (Å²) in [5.41, 5.74) is -0.796. The van der Waals surface area contributed by atoms with Gasteiger partial charge in [0, 0.05) is 16.6 Å². The molecule has 0 radical (unpaired) electrons. The van der Waals surface area contributed by atoms with Crippen molar-refractivity contribution in [2.45, 2.75) is 18.4 Å². The lowest BCUT2D eigenvalue weighted by Crippen LogP contribution is -2.50. The lowest BCUT2D eigenvalue weighted by Gasteiger charge is -2.27. The van der Waals surface area contributed by atoms with Crippen LogP contribution in [0.5, 0.6) is 0 Å². The molecule has 2 rings (SSSR count). The molecule has 1 amide bonds. The molecule has 0 spiro atoms. The summed E-state index contributed by atoms with van der Waals surface area (Å²) in [6.07, 6.45) is 0.191. The summed E-state index contributed by atoms with van der Waals surface area (Å²) in [5, 5.41) is 11.6. The van der Waals surface area contributed by atoms with Gasteiger partial charge in [-0.15, -0.1) is 0 Å². The normalized spacial score (nSPS) is 21.7. The largest absolute Gasteiger partial charge is 0.481 e. The number of ether oxygens (including phenoxy) is 1. The number of benzene rings is 1. The maximum Gasteiger partial charge on any atom is 0.305 e. The number of aliphatic carboxylic acids is 1. The summed E-state index contributed by atoms with van der Waals surface area (Å²) in [6.45, 7) is 0.530. The molecule has 1 fully saturated rings. The molecular formula is C13H13BrFNO4. The minimum atomic E-state index is -1.02. The van der Waals surface area contributed by atoms with Gasteiger partial charge in [-0.2, -0.15) is 0 Å². The van der Waals surface area contributed by atoms with Gasteiger partial charge in [0.05, 0.1) is 18.6 Å². The minimum Gasteiger partial charge on any atom is -0.481 e. The Morgan fingerprint density at radius 3 is 2.75 bits per heavy atom. The summed E-state index contributed by atoms with van der Waals surface area (Å²) >= 11 is 3.11. The minimum absolute atomic E-state index is 0.133. The smallest absolute Gasteiger partial charge is 0.305 e. The molecule has 1 heterocycles. The van der Waals surface area contributed by atoms with Crippen molar-refractivity contribution < 1.29 is 23.8 Å². The highest BCUT2D eigenvalue weighted by Crippen LogP contribution is 2.24. The van der Waals surface area contributed by atoms with Crippen LogP contribution in [-0.4, -0.2) is 35.7 Å². The van der Waals surface area contributed by atoms with Crippen molar-refractivity contribution >= 4 is 27.8 Å². The predicted octanol–water partition coefficient (Wildman–Crippen LogP) is 1.95. The molecule has 0 aliphatic carbocycles. The van der Waals surface area contributed by atoms with Gasteiger partial charge < -0.3 is 15.2 Å². The van der Waals surface area contributed by atoms with E-state index in [9.17, 15) is 14.0 Å². The van der Waals surface area contributed by atoms with E-state index in [4.69, 9.17) is 9.84 Å². The molecule has 20 heavy (non-hydrogen) atoms. The molecule has 1 unspecified atom stereocenters. The maximum absolute atomic E-state index is 13.3. The van der Waals surface area contributed by atoms with Crippen molar-refractivity contribution in [3.63, 3.8) is 0 Å². The number of hydrogen-bond donors (Lipinski definition) is 2. The molecule has 0 bridgehead atoms. The molecule has 108 valence electrons. The van der Waals surface area contributed by atoms with Gasteiger partial charge in [0.1, 0.15) is 5.82 Å². The second kappa shape index (κ2) is 5.88. The Labute approximate surface area is 123 Å². The molecule has 1 atom stereocenters. The van der Waals surface area contributed by atoms with Crippen LogP contribution in [0.4, 0.5) is 4.39 Å². The molecule has 1 aromatic rings. The number of halogens is 2. The molecule has 1 saturated heterocycles. The first-order chi connectivity index (χ1) is 9.40. The van der Waals surface area contributed by atoms with E-state index >= 15 is 0 Å². The summed E-state index contributed by atoms with van der Waals surface area (Å²) in [4.78, 5) is 23.1. The van der Waals surface area contributed by atoms with Crippen LogP contribution in [-0.2, 0) is 9.53 Å². The molecular weight excluding hydrogens is 333 g/mol. The first kappa shape index (κ1) is 14.9. The van der Waals surface area contributed by atoms with E-state index in [1.807, 2.05) is 0 Å². The number of rotatable bonds is 4. The van der Waals surface area contributed by atoms with E-state index in [0.717, 1.165) is 6.07 Å². The van der Waals surface area contributed by atoms with Gasteiger partial charge in [-0.05, 0) is 24.6 Å². The third-order valence-corrected chi connectivity index (χ3v) is 3.55. The Morgan fingerprint density at radius 2 is 2.20 bits per heavy atom. The highest BCUT2D eigenvalue weighted by molar-refractivity contribution is 9.10. The van der Waals surface area contributed by atoms with Crippen LogP contribution >= 0.6 is 15.9 Å². The second-order valence-electron chi connectivity index (χ2n) is 4.77. The quantitative estimate of drug-likeness (QED) is 0.874. The third kappa shape index (κ3) is 3.55. The zero-order chi connectivity index (χ0) is 14.8. The Hall–Kier alpha value is -1.47. The van der Waals surface area contributed by atoms with Crippen molar-refractivity contribution in [2.24, 2.45) is 0 Å². The topological polar surface area (TPSA) is 75.6 Å². The molecule has 7 heteroatoms. The van der Waals surface area contributed by atoms with Gasteiger partial charge in [-0.3, -0.25) is 9.59 Å². The first-order valence-electron chi connectivity index (χ1n) is 5.98. The van der Waals surface area contributed by atoms with Crippen molar-refractivity contribution in [2.75, 3.05) is 13.2 Å². The summed E-state index contributed by atoms with van der Waals surface area (Å²) in [6, 6.07) is 3.82. The van der Waals surface area contributed by atoms with Gasteiger partial charge in [0.2, 0.25) is 0 Å². The highest BCUT2D eigenvalue weighted by atomic mass is 79.9. The fourth-order valence-electron chi connectivity index (χ4n) is 2.18. The van der Waals surface area contributed by atoms with Crippen LogP contribution in [0.3, 0.4) is 0 Å². The number of amides is 1. The Balaban J connectivity index is 2.18. The van der Waals surface area contributed by atoms with Crippen molar-refractivity contribution in [1.29, 1.82) is 0 Å². The van der Waals surface area contributed by atoms with E-state index in [2.05, 4.69) is 21.2 Å². The Bertz CT molecular complexity index is 523. The van der Waals surface area contributed by atoms with E-state index < -0.39 is 23.2 Å². The summed E-state index contributed by atoms with van der Waals surface area (Å²) < 4.78 is 18.9. The lowest BCUT2D eigenvalue weighted by atomic mass is 9.93. The monoisotopic (exact) mass is 345 g/mol. The van der Waals surface area contributed by atoms with E-state index in [0.29, 0.717) is 17.5 Å². The Morgan fingerprint density at radius 1 is 1.45 bits per heavy atom. The van der Waals surface area contributed by atoms with Crippen molar-refractivity contribution in [1.82, 2.24) is 5.32 Å². The fourth-order valence-corrected chi connectivity index (χ4v) is 2.64. The van der Waals surface area contributed by atoms with Gasteiger partial charge in [-0.1, -0.05) is 15.9 Å². The first-order valence-corrected chi connectivity index (χ1v) is 6.78. The molecule has 5 nitrogen and oxygen atoms in total. The molecule has 1 aromatic carbocycles. The molecule has 0 aromatic heterocycles. The third-order valence-electron chi connectivity index (χ3n) is 3.10. The number of carboxylic acid groups (broad SMARTS) is 1. The highest BCUT2D eigenvalue weighted by Gasteiger charge is 2.38. The van der Waals surface area contributed by atoms with Crippen LogP contribution in [0.25, 0.3) is 0 Å². The van der Waals surface area contributed by atoms with Crippen LogP contribution in [0.15, 0.2) is 22.7 Å². The van der Waals surface area contributed by atoms with Crippen LogP contribution in [0.2, 0.25) is 0 Å². The molecule has 1 aliphatic rings. The fraction of sp³-hybridized carbons (Fsp3) is 0.385.